The third-order valence-electron chi connectivity index (χ3n) is 4.63. The Kier molecular flexibility index (Phi) is 3.72. The molecule has 0 aliphatic rings. The molecule has 23 heavy (non-hydrogen) atoms. The lowest BCUT2D eigenvalue weighted by atomic mass is 10.0. The van der Waals surface area contributed by atoms with E-state index in [0.717, 1.165) is 33.7 Å². The smallest absolute Gasteiger partial charge is 0.0778 e. The van der Waals surface area contributed by atoms with Crippen LogP contribution in [0.1, 0.15) is 27.9 Å². The van der Waals surface area contributed by atoms with Gasteiger partial charge in [-0.15, -0.1) is 0 Å². The molecule has 3 nitrogen and oxygen atoms in total. The number of hydrogen-bond acceptors (Lipinski definition) is 3. The minimum Gasteiger partial charge on any atom is -0.398 e. The van der Waals surface area contributed by atoms with Gasteiger partial charge in [0.15, 0.2) is 0 Å². The highest BCUT2D eigenvalue weighted by Crippen LogP contribution is 2.35. The molecule has 0 atom stereocenters. The summed E-state index contributed by atoms with van der Waals surface area (Å²) in [6, 6.07) is 10.4. The quantitative estimate of drug-likeness (QED) is 0.647. The van der Waals surface area contributed by atoms with Crippen molar-refractivity contribution in [1.29, 1.82) is 0 Å². The highest BCUT2D eigenvalue weighted by Gasteiger charge is 2.13. The van der Waals surface area contributed by atoms with E-state index in [1.165, 1.54) is 22.3 Å². The Morgan fingerprint density at radius 3 is 2.35 bits per heavy atom. The molecule has 3 rings (SSSR count). The predicted molar refractivity (Wildman–Crippen MR) is 99.6 cm³/mol. The Bertz CT molecular complexity index is 911. The zero-order chi connectivity index (χ0) is 16.7. The van der Waals surface area contributed by atoms with Gasteiger partial charge in [0.1, 0.15) is 0 Å². The number of rotatable bonds is 2. The van der Waals surface area contributed by atoms with Gasteiger partial charge >= 0.3 is 0 Å². The van der Waals surface area contributed by atoms with E-state index in [9.17, 15) is 0 Å². The Hall–Kier alpha value is -2.55. The van der Waals surface area contributed by atoms with Crippen LogP contribution in [0.3, 0.4) is 0 Å². The van der Waals surface area contributed by atoms with E-state index in [1.54, 1.807) is 0 Å². The third-order valence-corrected chi connectivity index (χ3v) is 4.63. The summed E-state index contributed by atoms with van der Waals surface area (Å²) < 4.78 is 0. The molecule has 3 aromatic rings. The summed E-state index contributed by atoms with van der Waals surface area (Å²) in [6.07, 6.45) is 0. The van der Waals surface area contributed by atoms with Crippen LogP contribution >= 0.6 is 0 Å². The number of aromatic nitrogens is 1. The largest absolute Gasteiger partial charge is 0.398 e. The van der Waals surface area contributed by atoms with Gasteiger partial charge in [0.2, 0.25) is 0 Å². The van der Waals surface area contributed by atoms with Crippen molar-refractivity contribution >= 4 is 28.0 Å². The Labute approximate surface area is 137 Å². The maximum absolute atomic E-state index is 6.32. The molecule has 118 valence electrons. The Morgan fingerprint density at radius 1 is 0.870 bits per heavy atom. The maximum Gasteiger partial charge on any atom is 0.0778 e. The summed E-state index contributed by atoms with van der Waals surface area (Å²) in [6.45, 7) is 10.5. The highest BCUT2D eigenvalue weighted by atomic mass is 14.9. The van der Waals surface area contributed by atoms with Gasteiger partial charge < -0.3 is 11.1 Å². The second-order valence-corrected chi connectivity index (χ2v) is 6.31. The second-order valence-electron chi connectivity index (χ2n) is 6.31. The molecular weight excluding hydrogens is 282 g/mol. The van der Waals surface area contributed by atoms with E-state index in [2.05, 4.69) is 57.3 Å². The van der Waals surface area contributed by atoms with Crippen LogP contribution in [0.4, 0.5) is 17.1 Å². The van der Waals surface area contributed by atoms with Gasteiger partial charge in [0.05, 0.1) is 11.2 Å². The number of nitrogens with one attached hydrogen (secondary N) is 1. The predicted octanol–water partition coefficient (Wildman–Crippen LogP) is 5.10. The number of pyridine rings is 1. The van der Waals surface area contributed by atoms with Crippen LogP contribution in [0.2, 0.25) is 0 Å². The average Bonchev–Trinajstić information content (AvgIpc) is 2.49. The van der Waals surface area contributed by atoms with Crippen molar-refractivity contribution < 1.29 is 0 Å². The number of nitrogen functional groups attached to an aromatic ring is 1. The third kappa shape index (κ3) is 2.63. The zero-order valence-electron chi connectivity index (χ0n) is 14.4. The van der Waals surface area contributed by atoms with Crippen LogP contribution in [0.5, 0.6) is 0 Å². The number of nitrogens with zero attached hydrogens (tertiary/aromatic N) is 1. The molecule has 0 spiro atoms. The molecule has 2 aromatic carbocycles. The van der Waals surface area contributed by atoms with Crippen molar-refractivity contribution in [2.75, 3.05) is 11.1 Å². The van der Waals surface area contributed by atoms with Crippen LogP contribution < -0.4 is 11.1 Å². The van der Waals surface area contributed by atoms with Crippen molar-refractivity contribution in [3.05, 3.63) is 58.3 Å². The fourth-order valence-corrected chi connectivity index (χ4v) is 2.97. The first-order valence-corrected chi connectivity index (χ1v) is 7.88. The van der Waals surface area contributed by atoms with Gasteiger partial charge in [-0.3, -0.25) is 4.98 Å². The summed E-state index contributed by atoms with van der Waals surface area (Å²) in [7, 11) is 0. The minimum atomic E-state index is 0.767. The van der Waals surface area contributed by atoms with E-state index in [0.29, 0.717) is 0 Å². The molecule has 1 heterocycles. The topological polar surface area (TPSA) is 50.9 Å². The number of fused-ring (bicyclic) bond motifs is 1. The lowest BCUT2D eigenvalue weighted by molar-refractivity contribution is 1.23. The van der Waals surface area contributed by atoms with Crippen molar-refractivity contribution in [2.45, 2.75) is 34.6 Å². The summed E-state index contributed by atoms with van der Waals surface area (Å²) in [5.74, 6) is 0. The maximum atomic E-state index is 6.32. The molecule has 0 radical (unpaired) electrons. The first kappa shape index (κ1) is 15.3. The van der Waals surface area contributed by atoms with Crippen molar-refractivity contribution in [3.63, 3.8) is 0 Å². The van der Waals surface area contributed by atoms with E-state index >= 15 is 0 Å². The first-order valence-electron chi connectivity index (χ1n) is 7.88. The van der Waals surface area contributed by atoms with E-state index < -0.39 is 0 Å². The molecule has 0 unspecified atom stereocenters. The van der Waals surface area contributed by atoms with Gasteiger partial charge in [-0.05, 0) is 75.1 Å². The van der Waals surface area contributed by atoms with E-state index in [1.807, 2.05) is 13.0 Å². The molecule has 0 saturated carbocycles. The normalized spacial score (nSPS) is 11.0. The lowest BCUT2D eigenvalue weighted by Crippen LogP contribution is -2.01. The molecule has 0 aliphatic heterocycles. The van der Waals surface area contributed by atoms with Gasteiger partial charge in [-0.2, -0.15) is 0 Å². The molecule has 0 saturated heterocycles. The van der Waals surface area contributed by atoms with Crippen molar-refractivity contribution in [1.82, 2.24) is 4.98 Å². The van der Waals surface area contributed by atoms with Gasteiger partial charge in [0.25, 0.3) is 0 Å². The lowest BCUT2D eigenvalue weighted by Gasteiger charge is -2.17. The van der Waals surface area contributed by atoms with Crippen LogP contribution in [0.25, 0.3) is 10.9 Å². The highest BCUT2D eigenvalue weighted by molar-refractivity contribution is 6.03. The van der Waals surface area contributed by atoms with Crippen LogP contribution in [-0.4, -0.2) is 4.98 Å². The Morgan fingerprint density at radius 2 is 1.61 bits per heavy atom. The minimum absolute atomic E-state index is 0.767. The fourth-order valence-electron chi connectivity index (χ4n) is 2.97. The molecular formula is C20H23N3. The SMILES string of the molecule is Cc1cc(Nc2cccc(C)c2C)c2c(N)cc(C)c(C)c2n1. The Balaban J connectivity index is 2.25. The molecule has 3 N–H and O–H groups in total. The zero-order valence-corrected chi connectivity index (χ0v) is 14.4. The number of nitrogens with two attached hydrogens (primary N) is 1. The summed E-state index contributed by atoms with van der Waals surface area (Å²) >= 11 is 0. The van der Waals surface area contributed by atoms with Gasteiger partial charge in [-0.1, -0.05) is 12.1 Å². The summed E-state index contributed by atoms with van der Waals surface area (Å²) in [5, 5.41) is 4.56. The molecule has 0 bridgehead atoms. The first-order chi connectivity index (χ1) is 10.9. The second kappa shape index (κ2) is 5.58. The van der Waals surface area contributed by atoms with Gasteiger partial charge in [0, 0.05) is 22.5 Å². The molecule has 0 aliphatic carbocycles. The summed E-state index contributed by atoms with van der Waals surface area (Å²) in [5.41, 5.74) is 16.0. The molecule has 0 fully saturated rings. The van der Waals surface area contributed by atoms with Crippen molar-refractivity contribution in [3.8, 4) is 0 Å². The van der Waals surface area contributed by atoms with Crippen LogP contribution in [0, 0.1) is 34.6 Å². The number of anilines is 3. The van der Waals surface area contributed by atoms with Crippen molar-refractivity contribution in [2.24, 2.45) is 0 Å². The standard InChI is InChI=1S/C20H23N3/c1-11-7-6-8-17(14(11)4)23-18-10-13(3)22-20-15(5)12(2)9-16(21)19(18)20/h6-10H,21H2,1-5H3,(H,22,23). The molecule has 3 heteroatoms. The monoisotopic (exact) mass is 305 g/mol. The van der Waals surface area contributed by atoms with E-state index in [-0.39, 0.29) is 0 Å². The average molecular weight is 305 g/mol. The van der Waals surface area contributed by atoms with Crippen LogP contribution in [-0.2, 0) is 0 Å². The number of hydrogen-bond donors (Lipinski definition) is 2. The summed E-state index contributed by atoms with van der Waals surface area (Å²) in [4.78, 5) is 4.72. The number of aryl methyl sites for hydroxylation is 4. The molecule has 0 amide bonds. The number of benzene rings is 2. The molecule has 1 aromatic heterocycles. The van der Waals surface area contributed by atoms with Gasteiger partial charge in [-0.25, -0.2) is 0 Å². The fraction of sp³-hybridized carbons (Fsp3) is 0.250. The van der Waals surface area contributed by atoms with E-state index in [4.69, 9.17) is 10.7 Å². The van der Waals surface area contributed by atoms with Crippen LogP contribution in [0.15, 0.2) is 30.3 Å².